The molecule has 0 atom stereocenters. The quantitative estimate of drug-likeness (QED) is 0.469. The first-order chi connectivity index (χ1) is 7.78. The van der Waals surface area contributed by atoms with Crippen LogP contribution in [0.5, 0.6) is 5.75 Å². The highest BCUT2D eigenvalue weighted by Gasteiger charge is 2.13. The van der Waals surface area contributed by atoms with E-state index in [9.17, 15) is 9.90 Å². The van der Waals surface area contributed by atoms with Crippen LogP contribution in [-0.2, 0) is 9.53 Å². The Hall–Kier alpha value is -1.97. The van der Waals surface area contributed by atoms with Gasteiger partial charge in [0.05, 0.1) is 0 Å². The third kappa shape index (κ3) is 4.59. The number of nitrogens with two attached hydrogens (primary N) is 1. The van der Waals surface area contributed by atoms with Crippen LogP contribution in [0, 0.1) is 0 Å². The number of hydrogen-bond acceptors (Lipinski definition) is 4. The van der Waals surface area contributed by atoms with Crippen molar-refractivity contribution in [2.75, 3.05) is 5.73 Å². The van der Waals surface area contributed by atoms with Gasteiger partial charge in [-0.05, 0) is 39.0 Å². The summed E-state index contributed by atoms with van der Waals surface area (Å²) < 4.78 is 5.09. The molecule has 1 rings (SSSR count). The molecule has 4 heteroatoms. The van der Waals surface area contributed by atoms with Crippen molar-refractivity contribution >= 4 is 17.7 Å². The van der Waals surface area contributed by atoms with Gasteiger partial charge in [0, 0.05) is 23.4 Å². The minimum Gasteiger partial charge on any atom is -0.507 e. The van der Waals surface area contributed by atoms with Crippen LogP contribution < -0.4 is 5.73 Å². The fraction of sp³-hybridized carbons (Fsp3) is 0.308. The number of ether oxygens (including phenoxy) is 1. The minimum absolute atomic E-state index is 0.0322. The van der Waals surface area contributed by atoms with E-state index in [-0.39, 0.29) is 5.75 Å². The Morgan fingerprint density at radius 3 is 2.59 bits per heavy atom. The van der Waals surface area contributed by atoms with Gasteiger partial charge in [-0.2, -0.15) is 0 Å². The maximum Gasteiger partial charge on any atom is 0.331 e. The molecule has 0 bridgehead atoms. The number of carbonyl (C=O) groups excluding carboxylic acids is 1. The lowest BCUT2D eigenvalue weighted by Gasteiger charge is -2.17. The van der Waals surface area contributed by atoms with Crippen LogP contribution in [0.25, 0.3) is 6.08 Å². The summed E-state index contributed by atoms with van der Waals surface area (Å²) in [5.74, 6) is -0.418. The molecule has 0 spiro atoms. The van der Waals surface area contributed by atoms with Gasteiger partial charge in [-0.25, -0.2) is 4.79 Å². The number of phenols is 1. The largest absolute Gasteiger partial charge is 0.507 e. The standard InChI is InChI=1S/C13H17NO3/c1-13(2,3)17-12(16)7-5-9-4-6-10(14)8-11(9)15/h4-8,15H,14H2,1-3H3/b7-5+. The highest BCUT2D eigenvalue weighted by molar-refractivity contribution is 5.88. The van der Waals surface area contributed by atoms with Gasteiger partial charge in [0.25, 0.3) is 0 Å². The number of benzene rings is 1. The summed E-state index contributed by atoms with van der Waals surface area (Å²) in [4.78, 5) is 11.4. The van der Waals surface area contributed by atoms with Crippen LogP contribution in [0.4, 0.5) is 5.69 Å². The molecule has 0 aromatic heterocycles. The minimum atomic E-state index is -0.523. The Balaban J connectivity index is 2.74. The second-order valence-corrected chi connectivity index (χ2v) is 4.69. The van der Waals surface area contributed by atoms with E-state index in [0.29, 0.717) is 11.3 Å². The molecule has 0 radical (unpaired) electrons. The van der Waals surface area contributed by atoms with Gasteiger partial charge in [0.15, 0.2) is 0 Å². The van der Waals surface area contributed by atoms with E-state index in [1.807, 2.05) is 0 Å². The van der Waals surface area contributed by atoms with Gasteiger partial charge in [0.2, 0.25) is 0 Å². The summed E-state index contributed by atoms with van der Waals surface area (Å²) in [5.41, 5.74) is 5.96. The summed E-state index contributed by atoms with van der Waals surface area (Å²) >= 11 is 0. The van der Waals surface area contributed by atoms with Crippen molar-refractivity contribution in [3.05, 3.63) is 29.8 Å². The Labute approximate surface area is 101 Å². The smallest absolute Gasteiger partial charge is 0.331 e. The SMILES string of the molecule is CC(C)(C)OC(=O)/C=C/c1ccc(N)cc1O. The zero-order valence-corrected chi connectivity index (χ0v) is 10.2. The summed E-state index contributed by atoms with van der Waals surface area (Å²) in [6.45, 7) is 5.37. The molecule has 0 aliphatic carbocycles. The van der Waals surface area contributed by atoms with Gasteiger partial charge in [0.1, 0.15) is 11.4 Å². The number of aromatic hydroxyl groups is 1. The molecule has 0 saturated heterocycles. The summed E-state index contributed by atoms with van der Waals surface area (Å²) in [6.07, 6.45) is 2.76. The molecule has 1 aromatic rings. The molecular formula is C13H17NO3. The average molecular weight is 235 g/mol. The van der Waals surface area contributed by atoms with Crippen molar-refractivity contribution in [2.45, 2.75) is 26.4 Å². The van der Waals surface area contributed by atoms with E-state index >= 15 is 0 Å². The van der Waals surface area contributed by atoms with Crippen LogP contribution in [0.3, 0.4) is 0 Å². The van der Waals surface area contributed by atoms with Gasteiger partial charge in [-0.1, -0.05) is 0 Å². The number of hydrogen-bond donors (Lipinski definition) is 2. The number of phenolic OH excluding ortho intramolecular Hbond substituents is 1. The predicted octanol–water partition coefficient (Wildman–Crippen LogP) is 2.33. The molecule has 1 aromatic carbocycles. The average Bonchev–Trinajstić information content (AvgIpc) is 2.13. The van der Waals surface area contributed by atoms with Crippen LogP contribution in [-0.4, -0.2) is 16.7 Å². The molecule has 0 heterocycles. The van der Waals surface area contributed by atoms with Gasteiger partial charge in [-0.15, -0.1) is 0 Å². The lowest BCUT2D eigenvalue weighted by Crippen LogP contribution is -2.22. The lowest BCUT2D eigenvalue weighted by atomic mass is 10.1. The summed E-state index contributed by atoms with van der Waals surface area (Å²) in [7, 11) is 0. The molecule has 0 aliphatic heterocycles. The van der Waals surface area contributed by atoms with Gasteiger partial charge < -0.3 is 15.6 Å². The van der Waals surface area contributed by atoms with E-state index in [1.54, 1.807) is 32.9 Å². The third-order valence-electron chi connectivity index (χ3n) is 1.86. The molecule has 0 unspecified atom stereocenters. The molecule has 3 N–H and O–H groups in total. The van der Waals surface area contributed by atoms with E-state index in [2.05, 4.69) is 0 Å². The van der Waals surface area contributed by atoms with Gasteiger partial charge >= 0.3 is 5.97 Å². The molecule has 92 valence electrons. The third-order valence-corrected chi connectivity index (χ3v) is 1.86. The monoisotopic (exact) mass is 235 g/mol. The van der Waals surface area contributed by atoms with E-state index in [1.165, 1.54) is 18.2 Å². The highest BCUT2D eigenvalue weighted by Crippen LogP contribution is 2.21. The first-order valence-corrected chi connectivity index (χ1v) is 5.27. The lowest BCUT2D eigenvalue weighted by molar-refractivity contribution is -0.148. The van der Waals surface area contributed by atoms with Crippen molar-refractivity contribution in [2.24, 2.45) is 0 Å². The molecule has 0 amide bonds. The number of carbonyl (C=O) groups is 1. The number of nitrogen functional groups attached to an aromatic ring is 1. The van der Waals surface area contributed by atoms with Crippen LogP contribution in [0.1, 0.15) is 26.3 Å². The van der Waals surface area contributed by atoms with E-state index in [0.717, 1.165) is 0 Å². The number of rotatable bonds is 2. The second-order valence-electron chi connectivity index (χ2n) is 4.69. The maximum atomic E-state index is 11.4. The fourth-order valence-corrected chi connectivity index (χ4v) is 1.20. The number of anilines is 1. The molecule has 0 aliphatic rings. The van der Waals surface area contributed by atoms with Crippen molar-refractivity contribution in [3.63, 3.8) is 0 Å². The summed E-state index contributed by atoms with van der Waals surface area (Å²) in [6, 6.07) is 4.70. The zero-order valence-electron chi connectivity index (χ0n) is 10.2. The van der Waals surface area contributed by atoms with Crippen molar-refractivity contribution in [1.29, 1.82) is 0 Å². The van der Waals surface area contributed by atoms with E-state index < -0.39 is 11.6 Å². The Bertz CT molecular complexity index is 444. The van der Waals surface area contributed by atoms with Crippen LogP contribution in [0.2, 0.25) is 0 Å². The second kappa shape index (κ2) is 4.91. The first-order valence-electron chi connectivity index (χ1n) is 5.27. The van der Waals surface area contributed by atoms with Crippen LogP contribution >= 0.6 is 0 Å². The Morgan fingerprint density at radius 1 is 1.41 bits per heavy atom. The maximum absolute atomic E-state index is 11.4. The molecular weight excluding hydrogens is 218 g/mol. The zero-order chi connectivity index (χ0) is 13.1. The molecule has 17 heavy (non-hydrogen) atoms. The fourth-order valence-electron chi connectivity index (χ4n) is 1.20. The van der Waals surface area contributed by atoms with Gasteiger partial charge in [-0.3, -0.25) is 0 Å². The normalized spacial score (nSPS) is 11.7. The predicted molar refractivity (Wildman–Crippen MR) is 67.4 cm³/mol. The topological polar surface area (TPSA) is 72.5 Å². The Kier molecular flexibility index (Phi) is 3.78. The van der Waals surface area contributed by atoms with Crippen molar-refractivity contribution in [1.82, 2.24) is 0 Å². The molecule has 0 fully saturated rings. The Morgan fingerprint density at radius 2 is 2.06 bits per heavy atom. The van der Waals surface area contributed by atoms with Crippen molar-refractivity contribution in [3.8, 4) is 5.75 Å². The van der Waals surface area contributed by atoms with Crippen LogP contribution in [0.15, 0.2) is 24.3 Å². The number of esters is 1. The van der Waals surface area contributed by atoms with Crippen molar-refractivity contribution < 1.29 is 14.6 Å². The highest BCUT2D eigenvalue weighted by atomic mass is 16.6. The van der Waals surface area contributed by atoms with E-state index in [4.69, 9.17) is 10.5 Å². The summed E-state index contributed by atoms with van der Waals surface area (Å²) in [5, 5.41) is 9.55. The molecule has 0 saturated carbocycles. The first kappa shape index (κ1) is 13.1. The molecule has 4 nitrogen and oxygen atoms in total.